The van der Waals surface area contributed by atoms with Crippen LogP contribution in [0.1, 0.15) is 6.92 Å². The number of nitrogens with one attached hydrogen (secondary N) is 3. The molecule has 0 aliphatic carbocycles. The summed E-state index contributed by atoms with van der Waals surface area (Å²) in [5.74, 6) is 0.180. The molecule has 0 bridgehead atoms. The number of nitrogens with zero attached hydrogens (tertiary/aromatic N) is 3. The second-order valence-corrected chi connectivity index (χ2v) is 8.39. The van der Waals surface area contributed by atoms with E-state index in [2.05, 4.69) is 37.7 Å². The van der Waals surface area contributed by atoms with Crippen LogP contribution in [0.4, 0.5) is 21.6 Å². The van der Waals surface area contributed by atoms with Crippen LogP contribution in [0.25, 0.3) is 10.9 Å². The van der Waals surface area contributed by atoms with Gasteiger partial charge in [-0.2, -0.15) is 0 Å². The van der Waals surface area contributed by atoms with Gasteiger partial charge in [0.05, 0.1) is 23.3 Å². The largest absolute Gasteiger partial charge is 0.494 e. The van der Waals surface area contributed by atoms with Gasteiger partial charge in [0.15, 0.2) is 0 Å². The van der Waals surface area contributed by atoms with Crippen molar-refractivity contribution >= 4 is 58.0 Å². The Morgan fingerprint density at radius 1 is 1.34 bits per heavy atom. The molecule has 11 heteroatoms. The van der Waals surface area contributed by atoms with Crippen LogP contribution in [0.2, 0.25) is 5.02 Å². The van der Waals surface area contributed by atoms with Crippen molar-refractivity contribution in [3.05, 3.63) is 59.7 Å². The van der Waals surface area contributed by atoms with Crippen LogP contribution >= 0.6 is 24.0 Å². The highest BCUT2D eigenvalue weighted by atomic mass is 35.5. The molecule has 35 heavy (non-hydrogen) atoms. The van der Waals surface area contributed by atoms with Crippen molar-refractivity contribution in [3.8, 4) is 5.75 Å². The molecule has 1 amide bonds. The molecule has 0 spiro atoms. The van der Waals surface area contributed by atoms with Crippen molar-refractivity contribution < 1.29 is 13.9 Å². The topological polar surface area (TPSA) is 91.4 Å². The molecule has 0 radical (unpaired) electrons. The van der Waals surface area contributed by atoms with Crippen LogP contribution in [0.15, 0.2) is 48.8 Å². The number of carbonyl (C=O) groups is 1. The smallest absolute Gasteiger partial charge is 0.248 e. The van der Waals surface area contributed by atoms with E-state index in [9.17, 15) is 9.18 Å². The van der Waals surface area contributed by atoms with Crippen LogP contribution in [-0.2, 0) is 4.79 Å². The number of fused-ring (bicyclic) bond motifs is 1. The number of carbonyl (C=O) groups excluding carboxylic acids is 1. The summed E-state index contributed by atoms with van der Waals surface area (Å²) in [6.07, 6.45) is 4.80. The summed E-state index contributed by atoms with van der Waals surface area (Å²) in [7, 11) is 1.53. The Balaban J connectivity index is 0.00000342. The van der Waals surface area contributed by atoms with Gasteiger partial charge in [-0.05, 0) is 31.2 Å². The molecule has 2 aromatic carbocycles. The van der Waals surface area contributed by atoms with E-state index in [1.54, 1.807) is 18.2 Å². The first kappa shape index (κ1) is 26.6. The third kappa shape index (κ3) is 6.58. The summed E-state index contributed by atoms with van der Waals surface area (Å²) in [5, 5.41) is 10.0. The summed E-state index contributed by atoms with van der Waals surface area (Å²) in [6, 6.07) is 8.19. The molecule has 2 heterocycles. The summed E-state index contributed by atoms with van der Waals surface area (Å²) in [6.45, 7) is 5.69. The maximum atomic E-state index is 13.5. The maximum Gasteiger partial charge on any atom is 0.248 e. The zero-order chi connectivity index (χ0) is 24.1. The van der Waals surface area contributed by atoms with Crippen LogP contribution in [0.3, 0.4) is 0 Å². The summed E-state index contributed by atoms with van der Waals surface area (Å²) in [5.41, 5.74) is 1.66. The van der Waals surface area contributed by atoms with Crippen LogP contribution in [0, 0.1) is 5.82 Å². The molecule has 8 nitrogen and oxygen atoms in total. The molecule has 1 unspecified atom stereocenters. The van der Waals surface area contributed by atoms with Gasteiger partial charge in [-0.25, -0.2) is 14.4 Å². The Morgan fingerprint density at radius 3 is 2.91 bits per heavy atom. The average molecular weight is 521 g/mol. The number of ether oxygens (including phenoxy) is 1. The van der Waals surface area contributed by atoms with Gasteiger partial charge in [-0.3, -0.25) is 9.69 Å². The molecule has 1 fully saturated rings. The highest BCUT2D eigenvalue weighted by Crippen LogP contribution is 2.33. The fraction of sp³-hybridized carbons (Fsp3) is 0.292. The van der Waals surface area contributed by atoms with E-state index >= 15 is 0 Å². The van der Waals surface area contributed by atoms with Gasteiger partial charge in [0.2, 0.25) is 5.91 Å². The van der Waals surface area contributed by atoms with E-state index in [1.807, 2.05) is 6.08 Å². The Morgan fingerprint density at radius 2 is 2.17 bits per heavy atom. The molecule has 0 saturated carbocycles. The predicted octanol–water partition coefficient (Wildman–Crippen LogP) is 4.38. The van der Waals surface area contributed by atoms with E-state index in [1.165, 1.54) is 31.6 Å². The summed E-state index contributed by atoms with van der Waals surface area (Å²) >= 11 is 5.90. The van der Waals surface area contributed by atoms with Gasteiger partial charge in [-0.1, -0.05) is 17.7 Å². The lowest BCUT2D eigenvalue weighted by molar-refractivity contribution is -0.111. The molecule has 1 aliphatic heterocycles. The lowest BCUT2D eigenvalue weighted by atomic mass is 10.1. The number of halogens is 3. The Labute approximate surface area is 214 Å². The van der Waals surface area contributed by atoms with E-state index in [0.717, 1.165) is 19.6 Å². The number of methoxy groups -OCH3 is 1. The minimum Gasteiger partial charge on any atom is -0.494 e. The number of amides is 1. The molecular weight excluding hydrogens is 494 g/mol. The van der Waals surface area contributed by atoms with Crippen molar-refractivity contribution in [3.63, 3.8) is 0 Å². The minimum atomic E-state index is -0.506. The van der Waals surface area contributed by atoms with Crippen molar-refractivity contribution in [2.24, 2.45) is 0 Å². The van der Waals surface area contributed by atoms with E-state index in [-0.39, 0.29) is 23.3 Å². The van der Waals surface area contributed by atoms with Gasteiger partial charge in [0, 0.05) is 55.4 Å². The van der Waals surface area contributed by atoms with Crippen molar-refractivity contribution in [2.45, 2.75) is 13.0 Å². The number of piperazine rings is 1. The maximum absolute atomic E-state index is 13.5. The second kappa shape index (κ2) is 12.1. The Hall–Kier alpha value is -2.98. The first-order valence-electron chi connectivity index (χ1n) is 10.9. The molecular formula is C24H27Cl2FN6O2. The highest BCUT2D eigenvalue weighted by molar-refractivity contribution is 6.31. The first-order valence-corrected chi connectivity index (χ1v) is 11.3. The SMILES string of the molecule is COc1cc2ncnc(Nc3ccc(F)c(Cl)c3)c2cc1NC(=O)/C=C/CN1CCNCC1C.Cl. The van der Waals surface area contributed by atoms with Crippen LogP contribution in [0.5, 0.6) is 5.75 Å². The lowest BCUT2D eigenvalue weighted by Gasteiger charge is -2.32. The number of anilines is 3. The fourth-order valence-corrected chi connectivity index (χ4v) is 3.97. The molecule has 4 rings (SSSR count). The molecule has 186 valence electrons. The molecule has 3 aromatic rings. The van der Waals surface area contributed by atoms with Crippen molar-refractivity contribution in [1.82, 2.24) is 20.2 Å². The van der Waals surface area contributed by atoms with Gasteiger partial charge in [0.1, 0.15) is 23.7 Å². The quantitative estimate of drug-likeness (QED) is 0.398. The standard InChI is InChI=1S/C24H26ClFN6O2.ClH/c1-15-13-27-7-9-32(15)8-3-4-23(33)31-21-11-17-20(12-22(21)34-2)28-14-29-24(17)30-16-5-6-19(26)18(25)10-16;/h3-6,10-12,14-15,27H,7-9,13H2,1-2H3,(H,31,33)(H,28,29,30);1H/b4-3+;. The Kier molecular flexibility index (Phi) is 9.22. The average Bonchev–Trinajstić information content (AvgIpc) is 2.82. The van der Waals surface area contributed by atoms with Gasteiger partial charge >= 0.3 is 0 Å². The molecule has 1 saturated heterocycles. The van der Waals surface area contributed by atoms with E-state index < -0.39 is 5.82 Å². The highest BCUT2D eigenvalue weighted by Gasteiger charge is 2.16. The first-order chi connectivity index (χ1) is 16.4. The number of aromatic nitrogens is 2. The monoisotopic (exact) mass is 520 g/mol. The predicted molar refractivity (Wildman–Crippen MR) is 140 cm³/mol. The zero-order valence-corrected chi connectivity index (χ0v) is 20.9. The van der Waals surface area contributed by atoms with Gasteiger partial charge in [-0.15, -0.1) is 12.4 Å². The van der Waals surface area contributed by atoms with Crippen LogP contribution < -0.4 is 20.7 Å². The molecule has 1 aliphatic rings. The van der Waals surface area contributed by atoms with E-state index in [0.29, 0.717) is 46.4 Å². The van der Waals surface area contributed by atoms with Gasteiger partial charge in [0.25, 0.3) is 0 Å². The molecule has 3 N–H and O–H groups in total. The fourth-order valence-electron chi connectivity index (χ4n) is 3.78. The third-order valence-corrected chi connectivity index (χ3v) is 5.93. The van der Waals surface area contributed by atoms with Crippen LogP contribution in [-0.4, -0.2) is 60.1 Å². The summed E-state index contributed by atoms with van der Waals surface area (Å²) in [4.78, 5) is 23.5. The molecule has 1 aromatic heterocycles. The second-order valence-electron chi connectivity index (χ2n) is 7.99. The lowest BCUT2D eigenvalue weighted by Crippen LogP contribution is -2.49. The number of rotatable bonds is 7. The number of hydrogen-bond donors (Lipinski definition) is 3. The minimum absolute atomic E-state index is 0. The van der Waals surface area contributed by atoms with E-state index in [4.69, 9.17) is 16.3 Å². The summed E-state index contributed by atoms with van der Waals surface area (Å²) < 4.78 is 19.0. The van der Waals surface area contributed by atoms with Crippen molar-refractivity contribution in [2.75, 3.05) is 43.9 Å². The van der Waals surface area contributed by atoms with Crippen molar-refractivity contribution in [1.29, 1.82) is 0 Å². The zero-order valence-electron chi connectivity index (χ0n) is 19.3. The van der Waals surface area contributed by atoms with Gasteiger partial charge < -0.3 is 20.7 Å². The number of hydrogen-bond acceptors (Lipinski definition) is 7. The number of benzene rings is 2. The third-order valence-electron chi connectivity index (χ3n) is 5.64. The molecule has 1 atom stereocenters. The Bertz CT molecular complexity index is 1230. The normalized spacial score (nSPS) is 16.2.